The Hall–Kier alpha value is -2.00. The molecule has 2 rings (SSSR count). The van der Waals surface area contributed by atoms with Crippen LogP contribution >= 0.6 is 31.9 Å². The number of nitro benzene ring substituents is 2. The van der Waals surface area contributed by atoms with E-state index in [9.17, 15) is 20.2 Å². The van der Waals surface area contributed by atoms with Crippen molar-refractivity contribution in [2.45, 2.75) is 0 Å². The molecule has 21 heavy (non-hydrogen) atoms. The first-order valence-electron chi connectivity index (χ1n) is 5.44. The fraction of sp³-hybridized carbons (Fsp3) is 0. The van der Waals surface area contributed by atoms with Crippen molar-refractivity contribution in [3.05, 3.63) is 65.6 Å². The maximum atomic E-state index is 10.7. The predicted octanol–water partition coefficient (Wildman–Crippen LogP) is 4.82. The van der Waals surface area contributed by atoms with Crippen LogP contribution in [0, 0.1) is 20.2 Å². The van der Waals surface area contributed by atoms with Crippen LogP contribution in [-0.2, 0) is 0 Å². The van der Waals surface area contributed by atoms with Crippen LogP contribution in [0.4, 0.5) is 11.4 Å². The number of rotatable bonds is 4. The van der Waals surface area contributed by atoms with Crippen molar-refractivity contribution in [2.24, 2.45) is 0 Å². The first kappa shape index (κ1) is 15.4. The highest BCUT2D eigenvalue weighted by molar-refractivity contribution is 9.11. The molecule has 2 aromatic carbocycles. The Balaban J connectivity index is 2.30. The standard InChI is InChI=1S/C12H6Br2N2O5/c13-9-5-7(15(17)18)1-3-11(9)21-12-4-2-8(16(19)20)6-10(12)14/h1-6H. The van der Waals surface area contributed by atoms with Crippen LogP contribution in [0.1, 0.15) is 0 Å². The molecule has 0 aromatic heterocycles. The van der Waals surface area contributed by atoms with E-state index in [1.54, 1.807) is 0 Å². The second-order valence-electron chi connectivity index (χ2n) is 3.85. The zero-order valence-electron chi connectivity index (χ0n) is 10.2. The highest BCUT2D eigenvalue weighted by atomic mass is 79.9. The van der Waals surface area contributed by atoms with E-state index in [0.717, 1.165) is 0 Å². The van der Waals surface area contributed by atoms with Gasteiger partial charge in [0, 0.05) is 24.3 Å². The monoisotopic (exact) mass is 416 g/mol. The normalized spacial score (nSPS) is 10.2. The van der Waals surface area contributed by atoms with E-state index in [1.807, 2.05) is 0 Å². The molecule has 0 aliphatic carbocycles. The van der Waals surface area contributed by atoms with Crippen LogP contribution < -0.4 is 4.74 Å². The van der Waals surface area contributed by atoms with Gasteiger partial charge in [0.2, 0.25) is 0 Å². The van der Waals surface area contributed by atoms with Crippen molar-refractivity contribution in [2.75, 3.05) is 0 Å². The van der Waals surface area contributed by atoms with Gasteiger partial charge in [0.25, 0.3) is 11.4 Å². The van der Waals surface area contributed by atoms with Gasteiger partial charge in [0.1, 0.15) is 11.5 Å². The first-order valence-corrected chi connectivity index (χ1v) is 7.03. The molecule has 0 aliphatic heterocycles. The summed E-state index contributed by atoms with van der Waals surface area (Å²) in [4.78, 5) is 20.3. The van der Waals surface area contributed by atoms with Gasteiger partial charge in [-0.2, -0.15) is 0 Å². The summed E-state index contributed by atoms with van der Waals surface area (Å²) in [6.45, 7) is 0. The molecule has 0 saturated heterocycles. The third kappa shape index (κ3) is 3.56. The lowest BCUT2D eigenvalue weighted by Gasteiger charge is -2.09. The third-order valence-electron chi connectivity index (χ3n) is 2.47. The van der Waals surface area contributed by atoms with E-state index in [2.05, 4.69) is 31.9 Å². The van der Waals surface area contributed by atoms with Crippen LogP contribution in [0.2, 0.25) is 0 Å². The van der Waals surface area contributed by atoms with Crippen LogP contribution in [0.15, 0.2) is 45.3 Å². The van der Waals surface area contributed by atoms with Crippen molar-refractivity contribution in [1.82, 2.24) is 0 Å². The van der Waals surface area contributed by atoms with Crippen molar-refractivity contribution < 1.29 is 14.6 Å². The van der Waals surface area contributed by atoms with Gasteiger partial charge in [0.15, 0.2) is 0 Å². The lowest BCUT2D eigenvalue weighted by molar-refractivity contribution is -0.385. The number of nitrogens with zero attached hydrogens (tertiary/aromatic N) is 2. The van der Waals surface area contributed by atoms with E-state index in [0.29, 0.717) is 20.4 Å². The molecule has 9 heteroatoms. The zero-order valence-corrected chi connectivity index (χ0v) is 13.3. The minimum Gasteiger partial charge on any atom is -0.455 e. The van der Waals surface area contributed by atoms with Crippen LogP contribution in [0.3, 0.4) is 0 Å². The Morgan fingerprint density at radius 1 is 0.810 bits per heavy atom. The van der Waals surface area contributed by atoms with Gasteiger partial charge in [0.05, 0.1) is 18.8 Å². The highest BCUT2D eigenvalue weighted by Gasteiger charge is 2.14. The highest BCUT2D eigenvalue weighted by Crippen LogP contribution is 2.37. The van der Waals surface area contributed by atoms with E-state index in [1.165, 1.54) is 36.4 Å². The number of hydrogen-bond acceptors (Lipinski definition) is 5. The molecule has 0 aliphatic rings. The number of nitro groups is 2. The molecule has 0 saturated carbocycles. The number of ether oxygens (including phenoxy) is 1. The van der Waals surface area contributed by atoms with Gasteiger partial charge in [-0.25, -0.2) is 0 Å². The van der Waals surface area contributed by atoms with Gasteiger partial charge in [-0.05, 0) is 44.0 Å². The minimum atomic E-state index is -0.518. The lowest BCUT2D eigenvalue weighted by Crippen LogP contribution is -1.92. The van der Waals surface area contributed by atoms with Crippen molar-refractivity contribution >= 4 is 43.2 Å². The zero-order chi connectivity index (χ0) is 15.6. The van der Waals surface area contributed by atoms with Crippen LogP contribution in [0.25, 0.3) is 0 Å². The molecule has 0 amide bonds. The molecule has 0 N–H and O–H groups in total. The Kier molecular flexibility index (Phi) is 4.53. The lowest BCUT2D eigenvalue weighted by atomic mass is 10.3. The average Bonchev–Trinajstić information content (AvgIpc) is 2.42. The topological polar surface area (TPSA) is 95.5 Å². The molecule has 2 aromatic rings. The maximum Gasteiger partial charge on any atom is 0.270 e. The summed E-state index contributed by atoms with van der Waals surface area (Å²) in [7, 11) is 0. The number of halogens is 2. The molecule has 0 bridgehead atoms. The second-order valence-corrected chi connectivity index (χ2v) is 5.55. The molecular formula is C12H6Br2N2O5. The van der Waals surface area contributed by atoms with E-state index in [4.69, 9.17) is 4.74 Å². The first-order chi connectivity index (χ1) is 9.88. The Morgan fingerprint density at radius 2 is 1.19 bits per heavy atom. The van der Waals surface area contributed by atoms with Gasteiger partial charge in [-0.15, -0.1) is 0 Å². The molecule has 0 unspecified atom stereocenters. The molecule has 0 fully saturated rings. The molecule has 108 valence electrons. The Labute approximate surface area is 135 Å². The summed E-state index contributed by atoms with van der Waals surface area (Å²) in [6.07, 6.45) is 0. The van der Waals surface area contributed by atoms with Gasteiger partial charge in [-0.3, -0.25) is 20.2 Å². The van der Waals surface area contributed by atoms with E-state index < -0.39 is 9.85 Å². The number of non-ortho nitro benzene ring substituents is 2. The predicted molar refractivity (Wildman–Crippen MR) is 81.7 cm³/mol. The summed E-state index contributed by atoms with van der Waals surface area (Å²) in [5.41, 5.74) is -0.144. The molecular weight excluding hydrogens is 412 g/mol. The van der Waals surface area contributed by atoms with Gasteiger partial charge >= 0.3 is 0 Å². The van der Waals surface area contributed by atoms with Crippen molar-refractivity contribution in [3.8, 4) is 11.5 Å². The van der Waals surface area contributed by atoms with Crippen LogP contribution in [0.5, 0.6) is 11.5 Å². The SMILES string of the molecule is O=[N+]([O-])c1ccc(Oc2ccc([N+](=O)[O-])cc2Br)c(Br)c1. The van der Waals surface area contributed by atoms with Crippen molar-refractivity contribution in [3.63, 3.8) is 0 Å². The molecule has 7 nitrogen and oxygen atoms in total. The smallest absolute Gasteiger partial charge is 0.270 e. The largest absolute Gasteiger partial charge is 0.455 e. The summed E-state index contributed by atoms with van der Waals surface area (Å²) in [6, 6.07) is 8.12. The molecule has 0 heterocycles. The Morgan fingerprint density at radius 3 is 1.48 bits per heavy atom. The maximum absolute atomic E-state index is 10.7. The van der Waals surface area contributed by atoms with Crippen LogP contribution in [-0.4, -0.2) is 9.85 Å². The fourth-order valence-corrected chi connectivity index (χ4v) is 2.39. The summed E-state index contributed by atoms with van der Waals surface area (Å²) in [5, 5.41) is 21.3. The average molecular weight is 418 g/mol. The number of benzene rings is 2. The number of hydrogen-bond donors (Lipinski definition) is 0. The van der Waals surface area contributed by atoms with Gasteiger partial charge in [-0.1, -0.05) is 0 Å². The van der Waals surface area contributed by atoms with Crippen molar-refractivity contribution in [1.29, 1.82) is 0 Å². The Bertz CT molecular complexity index is 674. The van der Waals surface area contributed by atoms with E-state index >= 15 is 0 Å². The summed E-state index contributed by atoms with van der Waals surface area (Å²) < 4.78 is 6.38. The molecule has 0 spiro atoms. The fourth-order valence-electron chi connectivity index (χ4n) is 1.49. The molecule has 0 radical (unpaired) electrons. The minimum absolute atomic E-state index is 0.0722. The quantitative estimate of drug-likeness (QED) is 0.524. The van der Waals surface area contributed by atoms with Gasteiger partial charge < -0.3 is 4.74 Å². The molecule has 0 atom stereocenters. The van der Waals surface area contributed by atoms with E-state index in [-0.39, 0.29) is 11.4 Å². The third-order valence-corrected chi connectivity index (χ3v) is 3.71. The summed E-state index contributed by atoms with van der Waals surface area (Å²) >= 11 is 6.36. The second kappa shape index (κ2) is 6.19. The summed E-state index contributed by atoms with van der Waals surface area (Å²) in [5.74, 6) is 0.713.